The lowest BCUT2D eigenvalue weighted by Crippen LogP contribution is -2.38. The van der Waals surface area contributed by atoms with Crippen molar-refractivity contribution in [3.63, 3.8) is 0 Å². The van der Waals surface area contributed by atoms with Gasteiger partial charge in [-0.15, -0.1) is 0 Å². The molecule has 0 fully saturated rings. The summed E-state index contributed by atoms with van der Waals surface area (Å²) in [6.07, 6.45) is -3.33. The van der Waals surface area contributed by atoms with E-state index in [1.165, 1.54) is 29.2 Å². The molecule has 0 aliphatic heterocycles. The molecule has 0 aliphatic rings. The third-order valence-electron chi connectivity index (χ3n) is 2.77. The highest BCUT2D eigenvalue weighted by Crippen LogP contribution is 2.17. The van der Waals surface area contributed by atoms with E-state index in [4.69, 9.17) is 0 Å². The van der Waals surface area contributed by atoms with E-state index in [1.54, 1.807) is 13.8 Å². The summed E-state index contributed by atoms with van der Waals surface area (Å²) in [5.41, 5.74) is 0.524. The first-order valence-corrected chi connectivity index (χ1v) is 5.86. The molecular weight excluding hydrogens is 243 g/mol. The number of nitrogens with zero attached hydrogens (tertiary/aromatic N) is 1. The average Bonchev–Trinajstić information content (AvgIpc) is 2.28. The van der Waals surface area contributed by atoms with Gasteiger partial charge in [0.05, 0.1) is 12.6 Å². The molecule has 0 amide bonds. The van der Waals surface area contributed by atoms with Crippen molar-refractivity contribution in [2.45, 2.75) is 32.4 Å². The van der Waals surface area contributed by atoms with Gasteiger partial charge in [-0.2, -0.15) is 0 Å². The van der Waals surface area contributed by atoms with Crippen LogP contribution < -0.4 is 0 Å². The van der Waals surface area contributed by atoms with E-state index in [1.807, 2.05) is 0 Å². The molecule has 0 aromatic heterocycles. The van der Waals surface area contributed by atoms with Crippen LogP contribution in [0.25, 0.3) is 0 Å². The zero-order valence-corrected chi connectivity index (χ0v) is 10.5. The zero-order chi connectivity index (χ0) is 13.7. The lowest BCUT2D eigenvalue weighted by molar-refractivity contribution is 0.0390. The standard InChI is InChI=1S/C13H18F3NO/c1-9(2)17(8-13(15)16)7-12(18)10-3-5-11(14)6-4-10/h3-6,9,12-13,18H,7-8H2,1-2H3. The van der Waals surface area contributed by atoms with Crippen LogP contribution in [-0.4, -0.2) is 35.6 Å². The van der Waals surface area contributed by atoms with Crippen LogP contribution >= 0.6 is 0 Å². The fourth-order valence-electron chi connectivity index (χ4n) is 1.69. The molecule has 18 heavy (non-hydrogen) atoms. The van der Waals surface area contributed by atoms with Crippen molar-refractivity contribution in [3.8, 4) is 0 Å². The molecule has 1 rings (SSSR count). The minimum atomic E-state index is -2.44. The first kappa shape index (κ1) is 15.0. The van der Waals surface area contributed by atoms with Crippen LogP contribution in [0.15, 0.2) is 24.3 Å². The Kier molecular flexibility index (Phi) is 5.62. The van der Waals surface area contributed by atoms with Crippen molar-refractivity contribution in [2.75, 3.05) is 13.1 Å². The van der Waals surface area contributed by atoms with Crippen molar-refractivity contribution in [3.05, 3.63) is 35.6 Å². The Morgan fingerprint density at radius 1 is 1.11 bits per heavy atom. The molecule has 1 unspecified atom stereocenters. The van der Waals surface area contributed by atoms with Crippen LogP contribution in [0.4, 0.5) is 13.2 Å². The number of hydrogen-bond acceptors (Lipinski definition) is 2. The van der Waals surface area contributed by atoms with E-state index in [9.17, 15) is 18.3 Å². The Morgan fingerprint density at radius 2 is 1.67 bits per heavy atom. The highest BCUT2D eigenvalue weighted by molar-refractivity contribution is 5.18. The highest BCUT2D eigenvalue weighted by Gasteiger charge is 2.19. The highest BCUT2D eigenvalue weighted by atomic mass is 19.3. The smallest absolute Gasteiger partial charge is 0.251 e. The van der Waals surface area contributed by atoms with Gasteiger partial charge < -0.3 is 5.11 Å². The van der Waals surface area contributed by atoms with E-state index >= 15 is 0 Å². The maximum atomic E-state index is 12.7. The number of benzene rings is 1. The monoisotopic (exact) mass is 261 g/mol. The lowest BCUT2D eigenvalue weighted by atomic mass is 10.1. The Balaban J connectivity index is 2.65. The predicted molar refractivity (Wildman–Crippen MR) is 64.1 cm³/mol. The molecule has 0 bridgehead atoms. The summed E-state index contributed by atoms with van der Waals surface area (Å²) in [5.74, 6) is -0.390. The predicted octanol–water partition coefficient (Wildman–Crippen LogP) is 2.83. The molecule has 0 saturated carbocycles. The first-order chi connectivity index (χ1) is 8.40. The Morgan fingerprint density at radius 3 is 2.11 bits per heavy atom. The van der Waals surface area contributed by atoms with Gasteiger partial charge in [0, 0.05) is 12.6 Å². The fraction of sp³-hybridized carbons (Fsp3) is 0.538. The van der Waals surface area contributed by atoms with E-state index in [0.29, 0.717) is 5.56 Å². The van der Waals surface area contributed by atoms with Gasteiger partial charge in [0.1, 0.15) is 5.82 Å². The summed E-state index contributed by atoms with van der Waals surface area (Å²) in [6.45, 7) is 3.31. The fourth-order valence-corrected chi connectivity index (χ4v) is 1.69. The second kappa shape index (κ2) is 6.75. The maximum absolute atomic E-state index is 12.7. The van der Waals surface area contributed by atoms with Crippen LogP contribution in [0.3, 0.4) is 0 Å². The number of hydrogen-bond donors (Lipinski definition) is 1. The number of aliphatic hydroxyl groups excluding tert-OH is 1. The molecule has 0 spiro atoms. The molecule has 0 aliphatic carbocycles. The minimum absolute atomic E-state index is 0.0888. The third-order valence-corrected chi connectivity index (χ3v) is 2.77. The van der Waals surface area contributed by atoms with Crippen molar-refractivity contribution >= 4 is 0 Å². The Labute approximate surface area is 105 Å². The number of halogens is 3. The van der Waals surface area contributed by atoms with Gasteiger partial charge in [0.15, 0.2) is 0 Å². The van der Waals surface area contributed by atoms with E-state index in [2.05, 4.69) is 0 Å². The molecule has 0 saturated heterocycles. The Bertz CT molecular complexity index is 354. The van der Waals surface area contributed by atoms with Crippen LogP contribution in [-0.2, 0) is 0 Å². The first-order valence-electron chi connectivity index (χ1n) is 5.86. The molecule has 102 valence electrons. The van der Waals surface area contributed by atoms with Crippen LogP contribution in [0.1, 0.15) is 25.5 Å². The van der Waals surface area contributed by atoms with Crippen LogP contribution in [0, 0.1) is 5.82 Å². The lowest BCUT2D eigenvalue weighted by Gasteiger charge is -2.28. The summed E-state index contributed by atoms with van der Waals surface area (Å²) in [5, 5.41) is 9.93. The van der Waals surface area contributed by atoms with Gasteiger partial charge in [-0.1, -0.05) is 12.1 Å². The van der Waals surface area contributed by atoms with Crippen LogP contribution in [0.5, 0.6) is 0 Å². The number of aliphatic hydroxyl groups is 1. The number of alkyl halides is 2. The van der Waals surface area contributed by atoms with Gasteiger partial charge in [0.25, 0.3) is 6.43 Å². The van der Waals surface area contributed by atoms with Crippen LogP contribution in [0.2, 0.25) is 0 Å². The molecule has 1 N–H and O–H groups in total. The van der Waals surface area contributed by atoms with Gasteiger partial charge in [-0.3, -0.25) is 4.90 Å². The average molecular weight is 261 g/mol. The second-order valence-electron chi connectivity index (χ2n) is 4.51. The molecule has 0 radical (unpaired) electrons. The van der Waals surface area contributed by atoms with Gasteiger partial charge in [-0.05, 0) is 31.5 Å². The molecule has 5 heteroatoms. The van der Waals surface area contributed by atoms with Gasteiger partial charge in [0.2, 0.25) is 0 Å². The molecule has 1 aromatic rings. The van der Waals surface area contributed by atoms with Crippen molar-refractivity contribution < 1.29 is 18.3 Å². The summed E-state index contributed by atoms with van der Waals surface area (Å²) in [7, 11) is 0. The van der Waals surface area contributed by atoms with Crippen molar-refractivity contribution in [1.29, 1.82) is 0 Å². The summed E-state index contributed by atoms with van der Waals surface area (Å²) < 4.78 is 37.5. The Hall–Kier alpha value is -1.07. The maximum Gasteiger partial charge on any atom is 0.251 e. The van der Waals surface area contributed by atoms with Gasteiger partial charge >= 0.3 is 0 Å². The molecule has 1 atom stereocenters. The summed E-state index contributed by atoms with van der Waals surface area (Å²) in [6, 6.07) is 5.31. The van der Waals surface area contributed by atoms with E-state index in [-0.39, 0.29) is 24.9 Å². The molecule has 1 aromatic carbocycles. The van der Waals surface area contributed by atoms with E-state index in [0.717, 1.165) is 0 Å². The van der Waals surface area contributed by atoms with Crippen molar-refractivity contribution in [2.24, 2.45) is 0 Å². The normalized spacial score (nSPS) is 13.6. The topological polar surface area (TPSA) is 23.5 Å². The SMILES string of the molecule is CC(C)N(CC(F)F)CC(O)c1ccc(F)cc1. The molecule has 0 heterocycles. The second-order valence-corrected chi connectivity index (χ2v) is 4.51. The largest absolute Gasteiger partial charge is 0.387 e. The van der Waals surface area contributed by atoms with Gasteiger partial charge in [-0.25, -0.2) is 13.2 Å². The summed E-state index contributed by atoms with van der Waals surface area (Å²) >= 11 is 0. The molecule has 2 nitrogen and oxygen atoms in total. The molecular formula is C13H18F3NO. The minimum Gasteiger partial charge on any atom is -0.387 e. The van der Waals surface area contributed by atoms with E-state index < -0.39 is 12.5 Å². The zero-order valence-electron chi connectivity index (χ0n) is 10.5. The van der Waals surface area contributed by atoms with Crippen molar-refractivity contribution in [1.82, 2.24) is 4.90 Å². The third kappa shape index (κ3) is 4.66. The number of rotatable bonds is 6. The summed E-state index contributed by atoms with van der Waals surface area (Å²) in [4.78, 5) is 1.50. The quantitative estimate of drug-likeness (QED) is 0.851.